The fourth-order valence-electron chi connectivity index (χ4n) is 2.99. The first-order chi connectivity index (χ1) is 14.0. The highest BCUT2D eigenvalue weighted by Crippen LogP contribution is 2.40. The second-order valence-electron chi connectivity index (χ2n) is 6.02. The van der Waals surface area contributed by atoms with Crippen LogP contribution in [0.4, 0.5) is 0 Å². The molecule has 1 heterocycles. The van der Waals surface area contributed by atoms with Gasteiger partial charge in [-0.3, -0.25) is 0 Å². The van der Waals surface area contributed by atoms with E-state index in [0.29, 0.717) is 51.2 Å². The van der Waals surface area contributed by atoms with Crippen LogP contribution in [-0.2, 0) is 9.53 Å². The van der Waals surface area contributed by atoms with E-state index in [0.717, 1.165) is 0 Å². The molecular weight excluding hydrogens is 376 g/mol. The molecule has 0 amide bonds. The summed E-state index contributed by atoms with van der Waals surface area (Å²) in [5.41, 5.74) is 1.73. The van der Waals surface area contributed by atoms with Gasteiger partial charge in [0.1, 0.15) is 17.3 Å². The summed E-state index contributed by atoms with van der Waals surface area (Å²) in [5.74, 6) is 2.57. The van der Waals surface area contributed by atoms with Crippen molar-refractivity contribution in [2.45, 2.75) is 0 Å². The van der Waals surface area contributed by atoms with Crippen molar-refractivity contribution in [1.29, 1.82) is 0 Å². The monoisotopic (exact) mass is 398 g/mol. The molecule has 0 radical (unpaired) electrons. The van der Waals surface area contributed by atoms with Gasteiger partial charge in [-0.05, 0) is 42.0 Å². The maximum absolute atomic E-state index is 12.4. The van der Waals surface area contributed by atoms with Gasteiger partial charge in [0.15, 0.2) is 11.5 Å². The number of hydrogen-bond donors (Lipinski definition) is 0. The molecule has 3 rings (SSSR count). The largest absolute Gasteiger partial charge is 0.497 e. The van der Waals surface area contributed by atoms with Gasteiger partial charge in [0.25, 0.3) is 0 Å². The lowest BCUT2D eigenvalue weighted by Crippen LogP contribution is -1.99. The van der Waals surface area contributed by atoms with Crippen LogP contribution in [0, 0.1) is 0 Å². The molecule has 7 heteroatoms. The van der Waals surface area contributed by atoms with Gasteiger partial charge in [0.05, 0.1) is 46.7 Å². The molecule has 0 spiro atoms. The van der Waals surface area contributed by atoms with Gasteiger partial charge < -0.3 is 28.4 Å². The molecule has 0 bridgehead atoms. The van der Waals surface area contributed by atoms with E-state index in [1.165, 1.54) is 21.3 Å². The van der Waals surface area contributed by atoms with Gasteiger partial charge in [-0.15, -0.1) is 0 Å². The number of carbonyl (C=O) groups excluding carboxylic acids is 1. The Bertz CT molecular complexity index is 964. The number of rotatable bonds is 7. The highest BCUT2D eigenvalue weighted by molar-refractivity contribution is 6.05. The maximum atomic E-state index is 12.4. The lowest BCUT2D eigenvalue weighted by atomic mass is 10.1. The van der Waals surface area contributed by atoms with E-state index in [1.54, 1.807) is 56.7 Å². The van der Waals surface area contributed by atoms with E-state index in [-0.39, 0.29) is 0 Å². The van der Waals surface area contributed by atoms with Crippen molar-refractivity contribution in [2.75, 3.05) is 35.5 Å². The van der Waals surface area contributed by atoms with Gasteiger partial charge in [0, 0.05) is 6.07 Å². The third kappa shape index (κ3) is 3.99. The topological polar surface area (TPSA) is 72.5 Å². The van der Waals surface area contributed by atoms with E-state index in [1.807, 2.05) is 0 Å². The van der Waals surface area contributed by atoms with Crippen LogP contribution in [0.3, 0.4) is 0 Å². The number of ether oxygens (including phenoxy) is 6. The molecule has 0 saturated carbocycles. The molecule has 2 aromatic rings. The summed E-state index contributed by atoms with van der Waals surface area (Å²) in [4.78, 5) is 12.4. The minimum Gasteiger partial charge on any atom is -0.497 e. The number of methoxy groups -OCH3 is 5. The van der Waals surface area contributed by atoms with E-state index < -0.39 is 5.97 Å². The summed E-state index contributed by atoms with van der Waals surface area (Å²) in [7, 11) is 7.71. The summed E-state index contributed by atoms with van der Waals surface area (Å²) < 4.78 is 32.1. The summed E-state index contributed by atoms with van der Waals surface area (Å²) in [6, 6.07) is 8.78. The molecule has 0 saturated heterocycles. The number of cyclic esters (lactones) is 1. The average molecular weight is 398 g/mol. The fourth-order valence-corrected chi connectivity index (χ4v) is 2.99. The van der Waals surface area contributed by atoms with Gasteiger partial charge in [0.2, 0.25) is 5.75 Å². The smallest absolute Gasteiger partial charge is 0.343 e. The molecule has 0 unspecified atom stereocenters. The minimum atomic E-state index is -0.466. The summed E-state index contributed by atoms with van der Waals surface area (Å²) in [5, 5.41) is 0. The van der Waals surface area contributed by atoms with Gasteiger partial charge >= 0.3 is 5.97 Å². The second kappa shape index (κ2) is 8.60. The standard InChI is InChI=1S/C22H22O7/c1-24-15-6-7-16(17(12-15)25-2)18-11-14(22(23)29-18)8-13-9-19(26-3)21(28-5)20(10-13)27-4/h6-12H,1-5H3/b14-8-. The summed E-state index contributed by atoms with van der Waals surface area (Å²) in [6.07, 6.45) is 3.35. The SMILES string of the molecule is COc1ccc(C2=C/C(=C/c3cc(OC)c(OC)c(OC)c3)C(=O)O2)c(OC)c1. The zero-order valence-corrected chi connectivity index (χ0v) is 16.9. The van der Waals surface area contributed by atoms with E-state index in [2.05, 4.69) is 0 Å². The van der Waals surface area contributed by atoms with Gasteiger partial charge in [-0.1, -0.05) is 0 Å². The van der Waals surface area contributed by atoms with Crippen LogP contribution < -0.4 is 23.7 Å². The highest BCUT2D eigenvalue weighted by atomic mass is 16.5. The first kappa shape index (κ1) is 20.1. The molecular formula is C22H22O7. The van der Waals surface area contributed by atoms with Crippen LogP contribution in [0.5, 0.6) is 28.7 Å². The zero-order chi connectivity index (χ0) is 21.0. The fraction of sp³-hybridized carbons (Fsp3) is 0.227. The molecule has 7 nitrogen and oxygen atoms in total. The maximum Gasteiger partial charge on any atom is 0.343 e. The number of carbonyl (C=O) groups is 1. The van der Waals surface area contributed by atoms with E-state index >= 15 is 0 Å². The van der Waals surface area contributed by atoms with Crippen LogP contribution >= 0.6 is 0 Å². The summed E-state index contributed by atoms with van der Waals surface area (Å²) in [6.45, 7) is 0. The lowest BCUT2D eigenvalue weighted by Gasteiger charge is -2.12. The Balaban J connectivity index is 2.01. The van der Waals surface area contributed by atoms with E-state index in [9.17, 15) is 4.79 Å². The first-order valence-corrected chi connectivity index (χ1v) is 8.72. The Morgan fingerprint density at radius 3 is 2.00 bits per heavy atom. The van der Waals surface area contributed by atoms with Gasteiger partial charge in [-0.25, -0.2) is 4.79 Å². The summed E-state index contributed by atoms with van der Waals surface area (Å²) >= 11 is 0. The molecule has 0 aromatic heterocycles. The van der Waals surface area contributed by atoms with Crippen molar-refractivity contribution < 1.29 is 33.2 Å². The number of hydrogen-bond acceptors (Lipinski definition) is 7. The Kier molecular flexibility index (Phi) is 5.97. The van der Waals surface area contributed by atoms with Crippen molar-refractivity contribution >= 4 is 17.8 Å². The molecule has 0 fully saturated rings. The Morgan fingerprint density at radius 2 is 1.45 bits per heavy atom. The van der Waals surface area contributed by atoms with Crippen LogP contribution in [0.25, 0.3) is 11.8 Å². The Labute approximate surface area is 169 Å². The predicted molar refractivity (Wildman–Crippen MR) is 108 cm³/mol. The average Bonchev–Trinajstić information content (AvgIpc) is 3.12. The normalized spacial score (nSPS) is 14.3. The predicted octanol–water partition coefficient (Wildman–Crippen LogP) is 3.71. The van der Waals surface area contributed by atoms with Crippen molar-refractivity contribution in [3.63, 3.8) is 0 Å². The first-order valence-electron chi connectivity index (χ1n) is 8.72. The number of benzene rings is 2. The number of esters is 1. The molecule has 1 aliphatic rings. The van der Waals surface area contributed by atoms with Crippen LogP contribution in [-0.4, -0.2) is 41.5 Å². The Morgan fingerprint density at radius 1 is 0.793 bits per heavy atom. The van der Waals surface area contributed by atoms with Gasteiger partial charge in [-0.2, -0.15) is 0 Å². The molecule has 2 aromatic carbocycles. The molecule has 0 aliphatic carbocycles. The molecule has 1 aliphatic heterocycles. The second-order valence-corrected chi connectivity index (χ2v) is 6.02. The third-order valence-electron chi connectivity index (χ3n) is 4.41. The van der Waals surface area contributed by atoms with Crippen molar-refractivity contribution in [2.24, 2.45) is 0 Å². The van der Waals surface area contributed by atoms with Crippen molar-refractivity contribution in [1.82, 2.24) is 0 Å². The third-order valence-corrected chi connectivity index (χ3v) is 4.41. The quantitative estimate of drug-likeness (QED) is 0.520. The Hall–Kier alpha value is -3.61. The van der Waals surface area contributed by atoms with Crippen LogP contribution in [0.15, 0.2) is 42.0 Å². The molecule has 0 N–H and O–H groups in total. The molecule has 152 valence electrons. The van der Waals surface area contributed by atoms with Crippen molar-refractivity contribution in [3.05, 3.63) is 53.1 Å². The zero-order valence-electron chi connectivity index (χ0n) is 16.9. The molecule has 29 heavy (non-hydrogen) atoms. The van der Waals surface area contributed by atoms with Crippen LogP contribution in [0.2, 0.25) is 0 Å². The minimum absolute atomic E-state index is 0.382. The highest BCUT2D eigenvalue weighted by Gasteiger charge is 2.25. The van der Waals surface area contributed by atoms with E-state index in [4.69, 9.17) is 28.4 Å². The van der Waals surface area contributed by atoms with Crippen molar-refractivity contribution in [3.8, 4) is 28.7 Å². The van der Waals surface area contributed by atoms with Crippen LogP contribution in [0.1, 0.15) is 11.1 Å². The lowest BCUT2D eigenvalue weighted by molar-refractivity contribution is -0.130. The molecule has 0 atom stereocenters.